The van der Waals surface area contributed by atoms with Gasteiger partial charge in [-0.1, -0.05) is 56.5 Å². The van der Waals surface area contributed by atoms with Gasteiger partial charge in [0, 0.05) is 23.5 Å². The largest absolute Gasteiger partial charge is 0.300 e. The Morgan fingerprint density at radius 1 is 1.19 bits per heavy atom. The second-order valence-corrected chi connectivity index (χ2v) is 5.88. The Hall–Kier alpha value is -1.70. The highest BCUT2D eigenvalue weighted by Gasteiger charge is 2.34. The van der Waals surface area contributed by atoms with E-state index >= 15 is 0 Å². The second-order valence-electron chi connectivity index (χ2n) is 5.88. The molecule has 0 fully saturated rings. The van der Waals surface area contributed by atoms with E-state index in [9.17, 15) is 9.59 Å². The van der Waals surface area contributed by atoms with E-state index in [-0.39, 0.29) is 17.5 Å². The number of carbonyl (C=O) groups is 2. The lowest BCUT2D eigenvalue weighted by atomic mass is 9.91. The minimum atomic E-state index is -0.0302. The van der Waals surface area contributed by atoms with Crippen molar-refractivity contribution in [1.29, 1.82) is 0 Å². The van der Waals surface area contributed by atoms with E-state index in [1.165, 1.54) is 19.3 Å². The zero-order valence-corrected chi connectivity index (χ0v) is 13.0. The fourth-order valence-electron chi connectivity index (χ4n) is 3.06. The third-order valence-corrected chi connectivity index (χ3v) is 4.13. The molecule has 0 saturated heterocycles. The van der Waals surface area contributed by atoms with Crippen LogP contribution >= 0.6 is 0 Å². The molecular formula is C19H24O2. The summed E-state index contributed by atoms with van der Waals surface area (Å²) < 4.78 is 0. The molecule has 0 spiro atoms. The maximum atomic E-state index is 12.5. The summed E-state index contributed by atoms with van der Waals surface area (Å²) in [7, 11) is 0. The van der Waals surface area contributed by atoms with Gasteiger partial charge in [0.05, 0.1) is 0 Å². The predicted octanol–water partition coefficient (Wildman–Crippen LogP) is 4.84. The molecular weight excluding hydrogens is 260 g/mol. The van der Waals surface area contributed by atoms with Crippen LogP contribution in [0.1, 0.15) is 74.2 Å². The summed E-state index contributed by atoms with van der Waals surface area (Å²) >= 11 is 0. The molecule has 1 aliphatic carbocycles. The summed E-state index contributed by atoms with van der Waals surface area (Å²) in [4.78, 5) is 24.1. The number of hydrogen-bond donors (Lipinski definition) is 0. The molecule has 0 heterocycles. The van der Waals surface area contributed by atoms with E-state index in [1.807, 2.05) is 24.3 Å². The number of rotatable bonds is 7. The van der Waals surface area contributed by atoms with Crippen molar-refractivity contribution < 1.29 is 9.59 Å². The molecule has 21 heavy (non-hydrogen) atoms. The first-order chi connectivity index (χ1) is 10.1. The molecule has 112 valence electrons. The van der Waals surface area contributed by atoms with E-state index in [2.05, 4.69) is 13.0 Å². The van der Waals surface area contributed by atoms with Gasteiger partial charge in [0.1, 0.15) is 5.78 Å². The Bertz CT molecular complexity index is 554. The lowest BCUT2D eigenvalue weighted by Crippen LogP contribution is -2.05. The topological polar surface area (TPSA) is 34.1 Å². The van der Waals surface area contributed by atoms with Gasteiger partial charge in [0.15, 0.2) is 5.78 Å². The third kappa shape index (κ3) is 3.69. The van der Waals surface area contributed by atoms with E-state index in [0.29, 0.717) is 6.42 Å². The summed E-state index contributed by atoms with van der Waals surface area (Å²) in [5.74, 6) is 0.228. The molecule has 0 saturated carbocycles. The third-order valence-electron chi connectivity index (χ3n) is 4.13. The standard InChI is InChI=1S/C19H24O2/c1-3-4-5-6-7-11-17-18(13-14(2)20)15-10-8-9-12-16(15)19(17)21/h8-12,18H,3-7,13H2,1-2H3/b17-11-. The summed E-state index contributed by atoms with van der Waals surface area (Å²) in [5.41, 5.74) is 2.64. The summed E-state index contributed by atoms with van der Waals surface area (Å²) in [6.07, 6.45) is 8.23. The quantitative estimate of drug-likeness (QED) is 0.530. The number of allylic oxidation sites excluding steroid dienone is 2. The Morgan fingerprint density at radius 2 is 1.95 bits per heavy atom. The van der Waals surface area contributed by atoms with Crippen LogP contribution in [-0.2, 0) is 4.79 Å². The predicted molar refractivity (Wildman–Crippen MR) is 85.7 cm³/mol. The first kappa shape index (κ1) is 15.7. The van der Waals surface area contributed by atoms with Gasteiger partial charge < -0.3 is 0 Å². The normalized spacial score (nSPS) is 19.0. The highest BCUT2D eigenvalue weighted by atomic mass is 16.1. The van der Waals surface area contributed by atoms with Crippen LogP contribution < -0.4 is 0 Å². The number of unbranched alkanes of at least 4 members (excludes halogenated alkanes) is 4. The van der Waals surface area contributed by atoms with E-state index in [1.54, 1.807) is 6.92 Å². The van der Waals surface area contributed by atoms with Gasteiger partial charge in [-0.3, -0.25) is 9.59 Å². The van der Waals surface area contributed by atoms with Gasteiger partial charge in [-0.2, -0.15) is 0 Å². The van der Waals surface area contributed by atoms with Crippen molar-refractivity contribution >= 4 is 11.6 Å². The van der Waals surface area contributed by atoms with Gasteiger partial charge in [-0.15, -0.1) is 0 Å². The van der Waals surface area contributed by atoms with Crippen LogP contribution in [0.4, 0.5) is 0 Å². The van der Waals surface area contributed by atoms with Crippen LogP contribution in [0.25, 0.3) is 0 Å². The first-order valence-corrected chi connectivity index (χ1v) is 7.98. The van der Waals surface area contributed by atoms with E-state index in [0.717, 1.165) is 29.5 Å². The Labute approximate surface area is 127 Å². The fraction of sp³-hybridized carbons (Fsp3) is 0.474. The van der Waals surface area contributed by atoms with Crippen LogP contribution in [0, 0.1) is 0 Å². The molecule has 0 N–H and O–H groups in total. The minimum Gasteiger partial charge on any atom is -0.300 e. The van der Waals surface area contributed by atoms with Crippen LogP contribution in [0.15, 0.2) is 35.9 Å². The van der Waals surface area contributed by atoms with Crippen LogP contribution in [0.5, 0.6) is 0 Å². The van der Waals surface area contributed by atoms with Crippen molar-refractivity contribution in [2.24, 2.45) is 0 Å². The monoisotopic (exact) mass is 284 g/mol. The maximum absolute atomic E-state index is 12.5. The van der Waals surface area contributed by atoms with Gasteiger partial charge in [0.25, 0.3) is 0 Å². The van der Waals surface area contributed by atoms with Crippen LogP contribution in [0.3, 0.4) is 0 Å². The highest BCUT2D eigenvalue weighted by Crippen LogP contribution is 2.40. The SMILES string of the molecule is CCCCCC/C=C1\C(=O)c2ccccc2C1CC(C)=O. The molecule has 1 aliphatic rings. The molecule has 0 amide bonds. The molecule has 1 unspecified atom stereocenters. The second kappa shape index (κ2) is 7.35. The molecule has 0 bridgehead atoms. The number of fused-ring (bicyclic) bond motifs is 1. The highest BCUT2D eigenvalue weighted by molar-refractivity contribution is 6.14. The van der Waals surface area contributed by atoms with Gasteiger partial charge in [-0.05, 0) is 25.3 Å². The average Bonchev–Trinajstić information content (AvgIpc) is 2.72. The first-order valence-electron chi connectivity index (χ1n) is 7.98. The molecule has 0 aliphatic heterocycles. The van der Waals surface area contributed by atoms with Crippen molar-refractivity contribution in [3.8, 4) is 0 Å². The molecule has 0 radical (unpaired) electrons. The molecule has 0 aromatic heterocycles. The van der Waals surface area contributed by atoms with Crippen molar-refractivity contribution in [3.05, 3.63) is 47.0 Å². The Morgan fingerprint density at radius 3 is 2.67 bits per heavy atom. The van der Waals surface area contributed by atoms with E-state index < -0.39 is 0 Å². The Balaban J connectivity index is 2.17. The molecule has 1 aromatic carbocycles. The zero-order valence-electron chi connectivity index (χ0n) is 13.0. The summed E-state index contributed by atoms with van der Waals surface area (Å²) in [6, 6.07) is 7.71. The van der Waals surface area contributed by atoms with Crippen molar-refractivity contribution in [2.45, 2.75) is 58.3 Å². The smallest absolute Gasteiger partial charge is 0.189 e. The van der Waals surface area contributed by atoms with Gasteiger partial charge >= 0.3 is 0 Å². The zero-order chi connectivity index (χ0) is 15.2. The number of ketones is 2. The van der Waals surface area contributed by atoms with Crippen molar-refractivity contribution in [2.75, 3.05) is 0 Å². The fourth-order valence-corrected chi connectivity index (χ4v) is 3.06. The Kier molecular flexibility index (Phi) is 5.49. The molecule has 2 rings (SSSR count). The lowest BCUT2D eigenvalue weighted by Gasteiger charge is -2.10. The van der Waals surface area contributed by atoms with Crippen molar-refractivity contribution in [1.82, 2.24) is 0 Å². The summed E-state index contributed by atoms with van der Waals surface area (Å²) in [5, 5.41) is 0. The molecule has 2 heteroatoms. The van der Waals surface area contributed by atoms with Gasteiger partial charge in [-0.25, -0.2) is 0 Å². The van der Waals surface area contributed by atoms with Crippen molar-refractivity contribution in [3.63, 3.8) is 0 Å². The molecule has 1 atom stereocenters. The molecule has 1 aromatic rings. The minimum absolute atomic E-state index is 0.0302. The number of Topliss-reactive ketones (excluding diaryl/α,β-unsaturated/α-hetero) is 2. The average molecular weight is 284 g/mol. The maximum Gasteiger partial charge on any atom is 0.189 e. The summed E-state index contributed by atoms with van der Waals surface area (Å²) in [6.45, 7) is 3.79. The molecule has 2 nitrogen and oxygen atoms in total. The number of benzene rings is 1. The number of carbonyl (C=O) groups excluding carboxylic acids is 2. The van der Waals surface area contributed by atoms with Crippen LogP contribution in [-0.4, -0.2) is 11.6 Å². The van der Waals surface area contributed by atoms with Crippen LogP contribution in [0.2, 0.25) is 0 Å². The van der Waals surface area contributed by atoms with E-state index in [4.69, 9.17) is 0 Å². The van der Waals surface area contributed by atoms with Gasteiger partial charge in [0.2, 0.25) is 0 Å². The lowest BCUT2D eigenvalue weighted by molar-refractivity contribution is -0.117. The number of hydrogen-bond acceptors (Lipinski definition) is 2.